The van der Waals surface area contributed by atoms with Crippen molar-refractivity contribution in [2.45, 2.75) is 38.1 Å². The van der Waals surface area contributed by atoms with Crippen LogP contribution in [-0.2, 0) is 6.42 Å². The minimum atomic E-state index is 0.873. The van der Waals surface area contributed by atoms with Crippen LogP contribution >= 0.6 is 0 Å². The molecule has 2 aliphatic rings. The molecular weight excluding hydrogens is 260 g/mol. The molecule has 0 bridgehead atoms. The van der Waals surface area contributed by atoms with Gasteiger partial charge in [0.05, 0.1) is 7.11 Å². The highest BCUT2D eigenvalue weighted by atomic mass is 16.5. The van der Waals surface area contributed by atoms with Crippen molar-refractivity contribution in [1.29, 1.82) is 0 Å². The van der Waals surface area contributed by atoms with E-state index in [-0.39, 0.29) is 0 Å². The van der Waals surface area contributed by atoms with E-state index in [1.54, 1.807) is 7.11 Å². The van der Waals surface area contributed by atoms with Crippen molar-refractivity contribution in [3.63, 3.8) is 0 Å². The first-order valence-electron chi connectivity index (χ1n) is 8.43. The number of hydrogen-bond acceptors (Lipinski definition) is 3. The monoisotopic (exact) mass is 288 g/mol. The van der Waals surface area contributed by atoms with Crippen molar-refractivity contribution in [2.24, 2.45) is 5.92 Å². The van der Waals surface area contributed by atoms with Crippen LogP contribution in [0.25, 0.3) is 0 Å². The number of ether oxygens (including phenoxy) is 1. The Hall–Kier alpha value is -1.06. The molecule has 1 heterocycles. The van der Waals surface area contributed by atoms with E-state index in [1.165, 1.54) is 57.4 Å². The first-order valence-corrected chi connectivity index (χ1v) is 8.43. The highest BCUT2D eigenvalue weighted by molar-refractivity contribution is 5.27. The Morgan fingerprint density at radius 1 is 1.10 bits per heavy atom. The maximum Gasteiger partial charge on any atom is 0.118 e. The van der Waals surface area contributed by atoms with E-state index >= 15 is 0 Å². The largest absolute Gasteiger partial charge is 0.497 e. The molecule has 116 valence electrons. The fourth-order valence-corrected chi connectivity index (χ4v) is 3.32. The standard InChI is InChI=1S/C18H28N2O/c1-21-18-6-2-15(3-7-18)10-13-20(17-4-5-17)14-16-8-11-19-12-9-16/h2-3,6-7,16-17,19H,4-5,8-14H2,1H3. The summed E-state index contributed by atoms with van der Waals surface area (Å²) in [6.07, 6.45) is 6.68. The zero-order valence-corrected chi connectivity index (χ0v) is 13.2. The molecule has 2 fully saturated rings. The highest BCUT2D eigenvalue weighted by Crippen LogP contribution is 2.29. The van der Waals surface area contributed by atoms with Gasteiger partial charge in [0.15, 0.2) is 0 Å². The molecule has 3 nitrogen and oxygen atoms in total. The third-order valence-corrected chi connectivity index (χ3v) is 4.86. The molecule has 0 radical (unpaired) electrons. The minimum absolute atomic E-state index is 0.873. The van der Waals surface area contributed by atoms with Gasteiger partial charge in [0, 0.05) is 19.1 Å². The van der Waals surface area contributed by atoms with E-state index in [0.717, 1.165) is 24.1 Å². The second kappa shape index (κ2) is 7.28. The van der Waals surface area contributed by atoms with E-state index in [4.69, 9.17) is 4.74 Å². The summed E-state index contributed by atoms with van der Waals surface area (Å²) in [7, 11) is 1.73. The molecule has 1 aromatic rings. The molecule has 3 heteroatoms. The van der Waals surface area contributed by atoms with Crippen LogP contribution < -0.4 is 10.1 Å². The van der Waals surface area contributed by atoms with E-state index in [2.05, 4.69) is 34.5 Å². The van der Waals surface area contributed by atoms with Gasteiger partial charge in [-0.05, 0) is 68.8 Å². The predicted molar refractivity (Wildman–Crippen MR) is 86.9 cm³/mol. The van der Waals surface area contributed by atoms with Crippen LogP contribution in [0.2, 0.25) is 0 Å². The van der Waals surface area contributed by atoms with Gasteiger partial charge in [0.25, 0.3) is 0 Å². The highest BCUT2D eigenvalue weighted by Gasteiger charge is 2.30. The molecule has 21 heavy (non-hydrogen) atoms. The van der Waals surface area contributed by atoms with Gasteiger partial charge in [0.1, 0.15) is 5.75 Å². The second-order valence-corrected chi connectivity index (χ2v) is 6.52. The smallest absolute Gasteiger partial charge is 0.118 e. The average molecular weight is 288 g/mol. The fourth-order valence-electron chi connectivity index (χ4n) is 3.32. The molecular formula is C18H28N2O. The Kier molecular flexibility index (Phi) is 5.15. The molecule has 0 aromatic heterocycles. The van der Waals surface area contributed by atoms with Crippen LogP contribution in [0, 0.1) is 5.92 Å². The van der Waals surface area contributed by atoms with Crippen molar-refractivity contribution >= 4 is 0 Å². The molecule has 1 saturated carbocycles. The molecule has 1 aliphatic carbocycles. The molecule has 0 amide bonds. The van der Waals surface area contributed by atoms with Gasteiger partial charge >= 0.3 is 0 Å². The fraction of sp³-hybridized carbons (Fsp3) is 0.667. The third-order valence-electron chi connectivity index (χ3n) is 4.86. The van der Waals surface area contributed by atoms with E-state index in [1.807, 2.05) is 0 Å². The minimum Gasteiger partial charge on any atom is -0.497 e. The lowest BCUT2D eigenvalue weighted by atomic mass is 9.97. The number of benzene rings is 1. The van der Waals surface area contributed by atoms with Gasteiger partial charge in [-0.3, -0.25) is 4.90 Å². The molecule has 0 spiro atoms. The van der Waals surface area contributed by atoms with Crippen LogP contribution in [0.5, 0.6) is 5.75 Å². The maximum absolute atomic E-state index is 5.23. The Morgan fingerprint density at radius 3 is 2.43 bits per heavy atom. The van der Waals surface area contributed by atoms with Gasteiger partial charge in [-0.1, -0.05) is 12.1 Å². The van der Waals surface area contributed by atoms with Crippen molar-refractivity contribution in [3.05, 3.63) is 29.8 Å². The Balaban J connectivity index is 1.50. The van der Waals surface area contributed by atoms with Crippen LogP contribution in [0.3, 0.4) is 0 Å². The van der Waals surface area contributed by atoms with Crippen LogP contribution in [0.15, 0.2) is 24.3 Å². The number of hydrogen-bond donors (Lipinski definition) is 1. The van der Waals surface area contributed by atoms with Crippen LogP contribution in [-0.4, -0.2) is 44.2 Å². The van der Waals surface area contributed by atoms with Crippen LogP contribution in [0.1, 0.15) is 31.2 Å². The summed E-state index contributed by atoms with van der Waals surface area (Å²) in [5.41, 5.74) is 1.42. The summed E-state index contributed by atoms with van der Waals surface area (Å²) in [6.45, 7) is 4.94. The van der Waals surface area contributed by atoms with Gasteiger partial charge < -0.3 is 10.1 Å². The van der Waals surface area contributed by atoms with Crippen molar-refractivity contribution in [3.8, 4) is 5.75 Å². The van der Waals surface area contributed by atoms with Crippen molar-refractivity contribution in [2.75, 3.05) is 33.3 Å². The topological polar surface area (TPSA) is 24.5 Å². The predicted octanol–water partition coefficient (Wildman–Crippen LogP) is 2.70. The van der Waals surface area contributed by atoms with Gasteiger partial charge in [-0.25, -0.2) is 0 Å². The molecule has 3 rings (SSSR count). The summed E-state index contributed by atoms with van der Waals surface area (Å²) in [5, 5.41) is 3.47. The number of rotatable bonds is 7. The van der Waals surface area contributed by atoms with E-state index in [9.17, 15) is 0 Å². The van der Waals surface area contributed by atoms with Gasteiger partial charge in [-0.15, -0.1) is 0 Å². The summed E-state index contributed by atoms with van der Waals surface area (Å²) in [5.74, 6) is 1.86. The zero-order chi connectivity index (χ0) is 14.5. The normalized spacial score (nSPS) is 19.9. The first kappa shape index (κ1) is 14.9. The molecule has 1 N–H and O–H groups in total. The SMILES string of the molecule is COc1ccc(CCN(CC2CCNCC2)C2CC2)cc1. The Morgan fingerprint density at radius 2 is 1.81 bits per heavy atom. The molecule has 0 atom stereocenters. The van der Waals surface area contributed by atoms with Crippen molar-refractivity contribution in [1.82, 2.24) is 10.2 Å². The lowest BCUT2D eigenvalue weighted by Crippen LogP contribution is -2.38. The summed E-state index contributed by atoms with van der Waals surface area (Å²) < 4.78 is 5.23. The van der Waals surface area contributed by atoms with E-state index in [0.29, 0.717) is 0 Å². The number of nitrogens with one attached hydrogen (secondary N) is 1. The first-order chi connectivity index (χ1) is 10.3. The summed E-state index contributed by atoms with van der Waals surface area (Å²) in [6, 6.07) is 9.42. The van der Waals surface area contributed by atoms with Gasteiger partial charge in [0.2, 0.25) is 0 Å². The number of nitrogens with zero attached hydrogens (tertiary/aromatic N) is 1. The second-order valence-electron chi connectivity index (χ2n) is 6.52. The van der Waals surface area contributed by atoms with Crippen molar-refractivity contribution < 1.29 is 4.74 Å². The zero-order valence-electron chi connectivity index (χ0n) is 13.2. The summed E-state index contributed by atoms with van der Waals surface area (Å²) >= 11 is 0. The number of methoxy groups -OCH3 is 1. The maximum atomic E-state index is 5.23. The number of piperidine rings is 1. The molecule has 1 aromatic carbocycles. The molecule has 0 unspecified atom stereocenters. The van der Waals surface area contributed by atoms with Gasteiger partial charge in [-0.2, -0.15) is 0 Å². The molecule has 1 aliphatic heterocycles. The lowest BCUT2D eigenvalue weighted by Gasteiger charge is -2.30. The lowest BCUT2D eigenvalue weighted by molar-refractivity contribution is 0.199. The third kappa shape index (κ3) is 4.45. The Bertz CT molecular complexity index is 421. The average Bonchev–Trinajstić information content (AvgIpc) is 3.38. The molecule has 1 saturated heterocycles. The van der Waals surface area contributed by atoms with Crippen LogP contribution in [0.4, 0.5) is 0 Å². The van der Waals surface area contributed by atoms with E-state index < -0.39 is 0 Å². The quantitative estimate of drug-likeness (QED) is 0.835. The Labute approximate surface area is 128 Å². The summed E-state index contributed by atoms with van der Waals surface area (Å²) in [4.78, 5) is 2.75.